The van der Waals surface area contributed by atoms with Crippen molar-refractivity contribution in [3.05, 3.63) is 53.5 Å². The van der Waals surface area contributed by atoms with Gasteiger partial charge in [-0.15, -0.1) is 0 Å². The van der Waals surface area contributed by atoms with Crippen LogP contribution < -0.4 is 22.2 Å². The second-order valence-electron chi connectivity index (χ2n) is 17.8. The number of aromatic nitrogens is 2. The van der Waals surface area contributed by atoms with E-state index in [1.54, 1.807) is 20.8 Å². The van der Waals surface area contributed by atoms with Gasteiger partial charge in [-0.05, 0) is 87.7 Å². The molecule has 3 aromatic rings. The number of fused-ring (bicyclic) bond motifs is 2. The third-order valence-corrected chi connectivity index (χ3v) is 11.7. The molecule has 1 saturated carbocycles. The van der Waals surface area contributed by atoms with Crippen LogP contribution in [0.3, 0.4) is 0 Å². The van der Waals surface area contributed by atoms with Crippen molar-refractivity contribution in [2.45, 2.75) is 177 Å². The van der Waals surface area contributed by atoms with Crippen molar-refractivity contribution < 1.29 is 0 Å². The first-order chi connectivity index (χ1) is 22.6. The van der Waals surface area contributed by atoms with E-state index in [4.69, 9.17) is 0 Å². The van der Waals surface area contributed by atoms with Gasteiger partial charge in [0.25, 0.3) is 22.2 Å². The molecule has 0 bridgehead atoms. The monoisotopic (exact) mass is 663 g/mol. The van der Waals surface area contributed by atoms with Gasteiger partial charge in [-0.1, -0.05) is 118 Å². The largest absolute Gasteiger partial charge is 0.274 e. The zero-order chi connectivity index (χ0) is 35.2. The zero-order valence-electron chi connectivity index (χ0n) is 31.7. The minimum absolute atomic E-state index is 0.220. The Morgan fingerprint density at radius 3 is 1.56 bits per heavy atom. The van der Waals surface area contributed by atoms with Crippen LogP contribution >= 0.6 is 0 Å². The zero-order valence-corrected chi connectivity index (χ0v) is 31.7. The number of benzene rings is 1. The van der Waals surface area contributed by atoms with E-state index in [2.05, 4.69) is 34.6 Å². The highest BCUT2D eigenvalue weighted by atomic mass is 16.2. The van der Waals surface area contributed by atoms with Crippen LogP contribution in [0.1, 0.15) is 165 Å². The maximum Gasteiger partial charge on any atom is 0.262 e. The van der Waals surface area contributed by atoms with Gasteiger partial charge < -0.3 is 0 Å². The topological polar surface area (TPSA) is 78.1 Å². The highest BCUT2D eigenvalue weighted by molar-refractivity contribution is 5.97. The number of unbranched alkanes of at least 4 members (excludes halogenated alkanes) is 10. The fourth-order valence-electron chi connectivity index (χ4n) is 8.62. The molecular weight excluding hydrogens is 596 g/mol. The molecule has 6 nitrogen and oxygen atoms in total. The lowest BCUT2D eigenvalue weighted by atomic mass is 9.65. The molecule has 4 unspecified atom stereocenters. The lowest BCUT2D eigenvalue weighted by Crippen LogP contribution is -2.38. The average molecular weight is 663 g/mol. The van der Waals surface area contributed by atoms with Gasteiger partial charge in [0.15, 0.2) is 0 Å². The number of rotatable bonds is 17. The van der Waals surface area contributed by atoms with Crippen LogP contribution in [-0.2, 0) is 12.1 Å². The molecule has 1 aliphatic rings. The molecule has 268 valence electrons. The molecule has 2 heterocycles. The van der Waals surface area contributed by atoms with Crippen LogP contribution in [0.25, 0.3) is 21.5 Å². The van der Waals surface area contributed by atoms with E-state index in [9.17, 15) is 19.2 Å². The average Bonchev–Trinajstić information content (AvgIpc) is 3.40. The summed E-state index contributed by atoms with van der Waals surface area (Å²) in [5, 5.41) is 0.925. The summed E-state index contributed by atoms with van der Waals surface area (Å²) in [6, 6.07) is 2.93. The lowest BCUT2D eigenvalue weighted by Gasteiger charge is -2.41. The maximum absolute atomic E-state index is 13.2. The molecule has 4 atom stereocenters. The Morgan fingerprint density at radius 1 is 0.583 bits per heavy atom. The Morgan fingerprint density at radius 2 is 1.04 bits per heavy atom. The summed E-state index contributed by atoms with van der Waals surface area (Å²) in [5.41, 5.74) is -1.72. The van der Waals surface area contributed by atoms with Gasteiger partial charge in [-0.25, -0.2) is 0 Å². The first kappa shape index (κ1) is 38.3. The van der Waals surface area contributed by atoms with E-state index in [1.807, 2.05) is 0 Å². The van der Waals surface area contributed by atoms with Crippen molar-refractivity contribution in [2.24, 2.45) is 29.1 Å². The fourth-order valence-corrected chi connectivity index (χ4v) is 8.62. The maximum atomic E-state index is 13.2. The Kier molecular flexibility index (Phi) is 13.1. The molecule has 0 spiro atoms. The van der Waals surface area contributed by atoms with E-state index in [0.717, 1.165) is 42.9 Å². The molecule has 4 rings (SSSR count). The minimum Gasteiger partial charge on any atom is -0.274 e. The van der Waals surface area contributed by atoms with E-state index >= 15 is 0 Å². The normalized spacial score (nSPS) is 20.8. The number of nitrogens with zero attached hydrogens (tertiary/aromatic N) is 2. The summed E-state index contributed by atoms with van der Waals surface area (Å²) in [7, 11) is 0. The number of hydrogen-bond donors (Lipinski definition) is 0. The van der Waals surface area contributed by atoms with Crippen molar-refractivity contribution in [3.63, 3.8) is 0 Å². The van der Waals surface area contributed by atoms with Crippen molar-refractivity contribution in [3.8, 4) is 0 Å². The lowest BCUT2D eigenvalue weighted by molar-refractivity contribution is 0.0930. The van der Waals surface area contributed by atoms with Crippen LogP contribution in [0.5, 0.6) is 0 Å². The van der Waals surface area contributed by atoms with Crippen LogP contribution in [0, 0.1) is 29.1 Å². The van der Waals surface area contributed by atoms with Crippen LogP contribution in [0.15, 0.2) is 31.3 Å². The molecule has 0 saturated heterocycles. The highest BCUT2D eigenvalue weighted by Gasteiger charge is 2.33. The van der Waals surface area contributed by atoms with Gasteiger partial charge in [0.2, 0.25) is 0 Å². The SMILES string of the molecule is CC1CCC(CCCCCCCCC(C)(C)C)C(CCCCCCCCn2c(=O)c3cc4c(=O)n(C(C)(C)C)c(=O)c4cc3c2=O)C1C. The van der Waals surface area contributed by atoms with Crippen molar-refractivity contribution in [1.29, 1.82) is 0 Å². The summed E-state index contributed by atoms with van der Waals surface area (Å²) >= 11 is 0. The van der Waals surface area contributed by atoms with E-state index in [-0.39, 0.29) is 32.7 Å². The molecule has 0 amide bonds. The van der Waals surface area contributed by atoms with Crippen molar-refractivity contribution >= 4 is 21.5 Å². The molecular formula is C42H66N2O4. The quantitative estimate of drug-likeness (QED) is 0.135. The van der Waals surface area contributed by atoms with Crippen LogP contribution in [0.4, 0.5) is 0 Å². The molecule has 1 aliphatic carbocycles. The Hall–Kier alpha value is -2.50. The molecule has 48 heavy (non-hydrogen) atoms. The van der Waals surface area contributed by atoms with Gasteiger partial charge in [0, 0.05) is 12.1 Å². The molecule has 6 heteroatoms. The van der Waals surface area contributed by atoms with E-state index in [1.165, 1.54) is 111 Å². The summed E-state index contributed by atoms with van der Waals surface area (Å²) in [6.45, 7) is 17.8. The van der Waals surface area contributed by atoms with Crippen LogP contribution in [-0.4, -0.2) is 9.13 Å². The first-order valence-corrected chi connectivity index (χ1v) is 19.5. The van der Waals surface area contributed by atoms with Crippen molar-refractivity contribution in [1.82, 2.24) is 9.13 Å². The standard InChI is InChI=1S/C42H66N2O4/c1-29-23-24-31(21-17-13-9-11-15-19-25-41(3,4)5)32(30(29)2)22-18-14-10-12-16-20-26-43-37(45)33-27-35-36(28-34(33)38(43)46)40(48)44(39(35)47)42(6,7)8/h27-32H,9-26H2,1-8H3. The predicted octanol–water partition coefficient (Wildman–Crippen LogP) is 9.86. The molecule has 1 aromatic carbocycles. The van der Waals surface area contributed by atoms with Gasteiger partial charge in [-0.2, -0.15) is 0 Å². The molecule has 1 fully saturated rings. The van der Waals surface area contributed by atoms with E-state index < -0.39 is 16.7 Å². The highest BCUT2D eigenvalue weighted by Crippen LogP contribution is 2.43. The minimum atomic E-state index is -0.682. The second kappa shape index (κ2) is 16.5. The third kappa shape index (κ3) is 9.38. The Labute approximate surface area is 289 Å². The smallest absolute Gasteiger partial charge is 0.262 e. The Balaban J connectivity index is 1.19. The first-order valence-electron chi connectivity index (χ1n) is 19.5. The number of hydrogen-bond acceptors (Lipinski definition) is 4. The van der Waals surface area contributed by atoms with E-state index in [0.29, 0.717) is 12.0 Å². The van der Waals surface area contributed by atoms with Crippen molar-refractivity contribution in [2.75, 3.05) is 0 Å². The molecule has 2 aromatic heterocycles. The van der Waals surface area contributed by atoms with Gasteiger partial charge in [0.1, 0.15) is 0 Å². The summed E-state index contributed by atoms with van der Waals surface area (Å²) in [5.74, 6) is 3.46. The van der Waals surface area contributed by atoms with Crippen LogP contribution in [0.2, 0.25) is 0 Å². The van der Waals surface area contributed by atoms with Gasteiger partial charge in [-0.3, -0.25) is 28.3 Å². The molecule has 0 radical (unpaired) electrons. The summed E-state index contributed by atoms with van der Waals surface area (Å²) in [6.07, 6.45) is 22.0. The summed E-state index contributed by atoms with van der Waals surface area (Å²) in [4.78, 5) is 52.3. The Bertz CT molecular complexity index is 1610. The molecule has 0 aliphatic heterocycles. The van der Waals surface area contributed by atoms with Gasteiger partial charge >= 0.3 is 0 Å². The van der Waals surface area contributed by atoms with Gasteiger partial charge in [0.05, 0.1) is 21.5 Å². The fraction of sp³-hybridized carbons (Fsp3) is 0.762. The third-order valence-electron chi connectivity index (χ3n) is 11.7. The molecule has 0 N–H and O–H groups in total. The predicted molar refractivity (Wildman–Crippen MR) is 203 cm³/mol. The summed E-state index contributed by atoms with van der Waals surface area (Å²) < 4.78 is 2.52. The second-order valence-corrected chi connectivity index (χ2v) is 17.8.